The number of pyridine rings is 1. The van der Waals surface area contributed by atoms with Gasteiger partial charge in [-0.25, -0.2) is 14.6 Å². The van der Waals surface area contributed by atoms with Gasteiger partial charge in [-0.05, 0) is 52.8 Å². The number of nitrogens with two attached hydrogens (primary N) is 1. The minimum Gasteiger partial charge on any atom is -0.480 e. The van der Waals surface area contributed by atoms with Crippen molar-refractivity contribution in [3.8, 4) is 11.1 Å². The SMILES string of the molecule is Nc1cc(CCC(NC(=O)OCC2c3ccccc3-c3ccccc32)C(=O)O)ccn1. The van der Waals surface area contributed by atoms with Crippen molar-refractivity contribution < 1.29 is 19.4 Å². The molecule has 0 spiro atoms. The Labute approximate surface area is 179 Å². The first-order chi connectivity index (χ1) is 15.0. The molecule has 2 aromatic carbocycles. The van der Waals surface area contributed by atoms with Gasteiger partial charge in [-0.3, -0.25) is 0 Å². The normalized spacial score (nSPS) is 13.2. The standard InChI is InChI=1S/C24H23N3O4/c25-22-13-15(11-12-26-22)9-10-21(23(28)29)27-24(30)31-14-20-18-7-3-1-5-16(18)17-6-2-4-8-19(17)20/h1-8,11-13,20-21H,9-10,14H2,(H2,25,26)(H,27,30)(H,28,29). The third-order valence-electron chi connectivity index (χ3n) is 5.50. The Morgan fingerprint density at radius 3 is 2.32 bits per heavy atom. The number of carboxylic acid groups (broad SMARTS) is 1. The van der Waals surface area contributed by atoms with Crippen molar-refractivity contribution in [3.05, 3.63) is 83.6 Å². The molecule has 1 aromatic heterocycles. The summed E-state index contributed by atoms with van der Waals surface area (Å²) in [6, 6.07) is 18.5. The molecule has 1 amide bonds. The van der Waals surface area contributed by atoms with Crippen LogP contribution in [0.25, 0.3) is 11.1 Å². The van der Waals surface area contributed by atoms with E-state index in [4.69, 9.17) is 10.5 Å². The molecule has 0 bridgehead atoms. The van der Waals surface area contributed by atoms with Crippen LogP contribution in [-0.4, -0.2) is 34.8 Å². The predicted octanol–water partition coefficient (Wildman–Crippen LogP) is 3.59. The minimum atomic E-state index is -1.12. The van der Waals surface area contributed by atoms with Gasteiger partial charge in [0.1, 0.15) is 18.5 Å². The lowest BCUT2D eigenvalue weighted by molar-refractivity contribution is -0.139. The number of carbonyl (C=O) groups excluding carboxylic acids is 1. The number of anilines is 1. The number of benzene rings is 2. The number of nitrogens with zero attached hydrogens (tertiary/aromatic N) is 1. The first kappa shape index (κ1) is 20.4. The highest BCUT2D eigenvalue weighted by molar-refractivity contribution is 5.81. The lowest BCUT2D eigenvalue weighted by atomic mass is 9.98. The average Bonchev–Trinajstić information content (AvgIpc) is 3.09. The number of amides is 1. The van der Waals surface area contributed by atoms with Crippen LogP contribution < -0.4 is 11.1 Å². The molecule has 1 heterocycles. The lowest BCUT2D eigenvalue weighted by Gasteiger charge is -2.17. The van der Waals surface area contributed by atoms with E-state index in [0.717, 1.165) is 27.8 Å². The van der Waals surface area contributed by atoms with E-state index < -0.39 is 18.1 Å². The van der Waals surface area contributed by atoms with Gasteiger partial charge in [0.25, 0.3) is 0 Å². The number of rotatable bonds is 7. The summed E-state index contributed by atoms with van der Waals surface area (Å²) in [5, 5.41) is 12.0. The van der Waals surface area contributed by atoms with Crippen LogP contribution >= 0.6 is 0 Å². The zero-order chi connectivity index (χ0) is 21.8. The molecule has 3 aromatic rings. The second-order valence-electron chi connectivity index (χ2n) is 7.49. The van der Waals surface area contributed by atoms with Crippen LogP contribution in [0.15, 0.2) is 66.9 Å². The van der Waals surface area contributed by atoms with Gasteiger partial charge in [0.15, 0.2) is 0 Å². The summed E-state index contributed by atoms with van der Waals surface area (Å²) in [5.74, 6) is -0.828. The van der Waals surface area contributed by atoms with E-state index in [2.05, 4.69) is 22.4 Å². The molecule has 0 saturated carbocycles. The maximum absolute atomic E-state index is 12.4. The van der Waals surface area contributed by atoms with Crippen molar-refractivity contribution >= 4 is 17.9 Å². The molecule has 1 atom stereocenters. The summed E-state index contributed by atoms with van der Waals surface area (Å²) in [6.07, 6.45) is 1.47. The number of aliphatic carboxylic acids is 1. The van der Waals surface area contributed by atoms with Crippen molar-refractivity contribution in [1.82, 2.24) is 10.3 Å². The summed E-state index contributed by atoms with van der Waals surface area (Å²) in [5.41, 5.74) is 11.0. The topological polar surface area (TPSA) is 115 Å². The van der Waals surface area contributed by atoms with E-state index in [1.54, 1.807) is 18.3 Å². The van der Waals surface area contributed by atoms with Crippen molar-refractivity contribution in [2.45, 2.75) is 24.8 Å². The quantitative estimate of drug-likeness (QED) is 0.541. The van der Waals surface area contributed by atoms with Crippen LogP contribution in [0.1, 0.15) is 29.0 Å². The highest BCUT2D eigenvalue weighted by atomic mass is 16.5. The van der Waals surface area contributed by atoms with Crippen molar-refractivity contribution in [3.63, 3.8) is 0 Å². The Morgan fingerprint density at radius 2 is 1.71 bits per heavy atom. The molecule has 1 aliphatic carbocycles. The van der Waals surface area contributed by atoms with Crippen molar-refractivity contribution in [2.75, 3.05) is 12.3 Å². The second kappa shape index (κ2) is 8.87. The maximum atomic E-state index is 12.4. The number of alkyl carbamates (subject to hydrolysis) is 1. The van der Waals surface area contributed by atoms with Crippen molar-refractivity contribution in [1.29, 1.82) is 0 Å². The molecule has 1 unspecified atom stereocenters. The molecule has 7 heteroatoms. The van der Waals surface area contributed by atoms with E-state index >= 15 is 0 Å². The Morgan fingerprint density at radius 1 is 1.06 bits per heavy atom. The van der Waals surface area contributed by atoms with E-state index in [0.29, 0.717) is 12.2 Å². The number of carbonyl (C=O) groups is 2. The number of aromatic nitrogens is 1. The Hall–Kier alpha value is -3.87. The number of nitrogens with one attached hydrogen (secondary N) is 1. The molecule has 4 N–H and O–H groups in total. The van der Waals surface area contributed by atoms with Gasteiger partial charge in [-0.15, -0.1) is 0 Å². The molecular formula is C24H23N3O4. The van der Waals surface area contributed by atoms with Crippen molar-refractivity contribution in [2.24, 2.45) is 0 Å². The third-order valence-corrected chi connectivity index (χ3v) is 5.50. The number of nitrogen functional groups attached to an aromatic ring is 1. The smallest absolute Gasteiger partial charge is 0.407 e. The number of carboxylic acids is 1. The molecule has 158 valence electrons. The molecule has 0 saturated heterocycles. The second-order valence-corrected chi connectivity index (χ2v) is 7.49. The summed E-state index contributed by atoms with van der Waals surface area (Å²) < 4.78 is 5.45. The van der Waals surface area contributed by atoms with Gasteiger partial charge >= 0.3 is 12.1 Å². The molecular weight excluding hydrogens is 394 g/mol. The van der Waals surface area contributed by atoms with E-state index in [1.807, 2.05) is 36.4 Å². The molecule has 0 aliphatic heterocycles. The maximum Gasteiger partial charge on any atom is 0.407 e. The van der Waals surface area contributed by atoms with Gasteiger partial charge in [-0.2, -0.15) is 0 Å². The van der Waals surface area contributed by atoms with Gasteiger partial charge in [0, 0.05) is 12.1 Å². The summed E-state index contributed by atoms with van der Waals surface area (Å²) >= 11 is 0. The van der Waals surface area contributed by atoms with Gasteiger partial charge in [0.2, 0.25) is 0 Å². The predicted molar refractivity (Wildman–Crippen MR) is 117 cm³/mol. The summed E-state index contributed by atoms with van der Waals surface area (Å²) in [6.45, 7) is 0.132. The molecule has 7 nitrogen and oxygen atoms in total. The number of ether oxygens (including phenoxy) is 1. The largest absolute Gasteiger partial charge is 0.480 e. The Bertz CT molecular complexity index is 1070. The van der Waals surface area contributed by atoms with Crippen LogP contribution in [0, 0.1) is 0 Å². The van der Waals surface area contributed by atoms with E-state index in [1.165, 1.54) is 0 Å². The summed E-state index contributed by atoms with van der Waals surface area (Å²) in [4.78, 5) is 27.9. The van der Waals surface area contributed by atoms with Crippen LogP contribution in [0.5, 0.6) is 0 Å². The van der Waals surface area contributed by atoms with Gasteiger partial charge < -0.3 is 20.9 Å². The Kier molecular flexibility index (Phi) is 5.84. The van der Waals surface area contributed by atoms with E-state index in [-0.39, 0.29) is 18.9 Å². The fourth-order valence-electron chi connectivity index (χ4n) is 4.00. The van der Waals surface area contributed by atoms with Crippen LogP contribution in [0.3, 0.4) is 0 Å². The summed E-state index contributed by atoms with van der Waals surface area (Å²) in [7, 11) is 0. The number of hydrogen-bond acceptors (Lipinski definition) is 5. The van der Waals surface area contributed by atoms with Crippen LogP contribution in [0.2, 0.25) is 0 Å². The highest BCUT2D eigenvalue weighted by Crippen LogP contribution is 2.44. The third kappa shape index (κ3) is 4.50. The Balaban J connectivity index is 1.38. The van der Waals surface area contributed by atoms with Gasteiger partial charge in [0.05, 0.1) is 0 Å². The monoisotopic (exact) mass is 417 g/mol. The molecule has 0 fully saturated rings. The molecule has 0 radical (unpaired) electrons. The molecule has 1 aliphatic rings. The molecule has 31 heavy (non-hydrogen) atoms. The average molecular weight is 417 g/mol. The fraction of sp³-hybridized carbons (Fsp3) is 0.208. The zero-order valence-corrected chi connectivity index (χ0v) is 16.8. The molecule has 4 rings (SSSR count). The lowest BCUT2D eigenvalue weighted by Crippen LogP contribution is -2.41. The van der Waals surface area contributed by atoms with Gasteiger partial charge in [-0.1, -0.05) is 48.5 Å². The fourth-order valence-corrected chi connectivity index (χ4v) is 4.00. The minimum absolute atomic E-state index is 0.0822. The number of fused-ring (bicyclic) bond motifs is 3. The number of hydrogen-bond donors (Lipinski definition) is 3. The number of aryl methyl sites for hydroxylation is 1. The zero-order valence-electron chi connectivity index (χ0n) is 16.8. The van der Waals surface area contributed by atoms with Crippen LogP contribution in [-0.2, 0) is 16.0 Å². The van der Waals surface area contributed by atoms with Crippen LogP contribution in [0.4, 0.5) is 10.6 Å². The van der Waals surface area contributed by atoms with E-state index in [9.17, 15) is 14.7 Å². The highest BCUT2D eigenvalue weighted by Gasteiger charge is 2.29. The first-order valence-electron chi connectivity index (χ1n) is 10.1. The first-order valence-corrected chi connectivity index (χ1v) is 10.1.